The highest BCUT2D eigenvalue weighted by Crippen LogP contribution is 2.37. The summed E-state index contributed by atoms with van der Waals surface area (Å²) in [5, 5.41) is 2.65. The van der Waals surface area contributed by atoms with Crippen LogP contribution < -0.4 is 5.73 Å². The van der Waals surface area contributed by atoms with Crippen LogP contribution in [0.5, 0.6) is 0 Å². The second-order valence-electron chi connectivity index (χ2n) is 6.22. The Morgan fingerprint density at radius 2 is 1.69 bits per heavy atom. The van der Waals surface area contributed by atoms with Gasteiger partial charge in [-0.15, -0.1) is 11.3 Å². The number of Topliss-reactive ketones (excluding diaryl/α,β-unsaturated/α-hetero) is 1. The van der Waals surface area contributed by atoms with Gasteiger partial charge >= 0.3 is 0 Å². The number of ketones is 1. The molecule has 90 valence electrons. The lowest BCUT2D eigenvalue weighted by Crippen LogP contribution is -2.24. The highest BCUT2D eigenvalue weighted by molar-refractivity contribution is 7.14. The average Bonchev–Trinajstić information content (AvgIpc) is 2.43. The van der Waals surface area contributed by atoms with Crippen molar-refractivity contribution in [3.05, 3.63) is 16.5 Å². The summed E-state index contributed by atoms with van der Waals surface area (Å²) in [5.41, 5.74) is 7.31. The Labute approximate surface area is 102 Å². The largest absolute Gasteiger partial charge is 0.390 e. The SMILES string of the molecule is CC(C)(C)C(=O)c1c(C(C)(C)C)csc1N. The molecule has 1 rings (SSSR count). The van der Waals surface area contributed by atoms with Gasteiger partial charge in [0.25, 0.3) is 0 Å². The number of hydrogen-bond donors (Lipinski definition) is 1. The van der Waals surface area contributed by atoms with E-state index in [2.05, 4.69) is 20.8 Å². The Balaban J connectivity index is 3.34. The van der Waals surface area contributed by atoms with Gasteiger partial charge in [-0.1, -0.05) is 41.5 Å². The first-order valence-corrected chi connectivity index (χ1v) is 6.35. The highest BCUT2D eigenvalue weighted by atomic mass is 32.1. The molecule has 2 N–H and O–H groups in total. The fourth-order valence-electron chi connectivity index (χ4n) is 1.53. The second kappa shape index (κ2) is 3.88. The van der Waals surface area contributed by atoms with Gasteiger partial charge in [0.1, 0.15) is 0 Å². The van der Waals surface area contributed by atoms with E-state index in [1.54, 1.807) is 0 Å². The molecular weight excluding hydrogens is 218 g/mol. The van der Waals surface area contributed by atoms with Crippen LogP contribution in [0, 0.1) is 5.41 Å². The summed E-state index contributed by atoms with van der Waals surface area (Å²) in [6.07, 6.45) is 0. The summed E-state index contributed by atoms with van der Waals surface area (Å²) in [4.78, 5) is 12.3. The Hall–Kier alpha value is -0.830. The smallest absolute Gasteiger partial charge is 0.171 e. The standard InChI is InChI=1S/C13H21NOS/c1-12(2,3)8-7-16-11(14)9(8)10(15)13(4,5)6/h7H,14H2,1-6H3. The van der Waals surface area contributed by atoms with Crippen molar-refractivity contribution in [1.82, 2.24) is 0 Å². The van der Waals surface area contributed by atoms with Crippen molar-refractivity contribution in [2.45, 2.75) is 47.0 Å². The minimum absolute atomic E-state index is 0.0373. The summed E-state index contributed by atoms with van der Waals surface area (Å²) in [7, 11) is 0. The molecule has 0 bridgehead atoms. The van der Waals surface area contributed by atoms with Gasteiger partial charge in [0.05, 0.1) is 10.6 Å². The van der Waals surface area contributed by atoms with Crippen LogP contribution in [0.4, 0.5) is 5.00 Å². The predicted molar refractivity (Wildman–Crippen MR) is 71.2 cm³/mol. The van der Waals surface area contributed by atoms with Crippen molar-refractivity contribution >= 4 is 22.1 Å². The van der Waals surface area contributed by atoms with Gasteiger partial charge in [0.2, 0.25) is 0 Å². The molecule has 0 aliphatic rings. The second-order valence-corrected chi connectivity index (χ2v) is 7.13. The third-order valence-corrected chi connectivity index (χ3v) is 3.35. The molecule has 0 saturated heterocycles. The van der Waals surface area contributed by atoms with Crippen LogP contribution in [0.2, 0.25) is 0 Å². The Morgan fingerprint density at radius 1 is 1.19 bits per heavy atom. The molecule has 0 unspecified atom stereocenters. The van der Waals surface area contributed by atoms with Gasteiger partial charge in [-0.25, -0.2) is 0 Å². The maximum atomic E-state index is 12.3. The normalized spacial score (nSPS) is 12.9. The summed E-state index contributed by atoms with van der Waals surface area (Å²) >= 11 is 1.46. The number of nitrogens with two attached hydrogens (primary N) is 1. The van der Waals surface area contributed by atoms with E-state index in [1.165, 1.54) is 11.3 Å². The molecular formula is C13H21NOS. The zero-order valence-electron chi connectivity index (χ0n) is 11.0. The number of thiophene rings is 1. The lowest BCUT2D eigenvalue weighted by molar-refractivity contribution is 0.0857. The van der Waals surface area contributed by atoms with Crippen molar-refractivity contribution in [2.75, 3.05) is 5.73 Å². The van der Waals surface area contributed by atoms with Crippen molar-refractivity contribution < 1.29 is 4.79 Å². The van der Waals surface area contributed by atoms with E-state index >= 15 is 0 Å². The lowest BCUT2D eigenvalue weighted by Gasteiger charge is -2.23. The Bertz CT molecular complexity index is 405. The fourth-order valence-corrected chi connectivity index (χ4v) is 2.57. The molecule has 0 aliphatic carbocycles. The molecule has 0 amide bonds. The predicted octanol–water partition coefficient (Wildman–Crippen LogP) is 3.86. The first-order chi connectivity index (χ1) is 7.05. The molecule has 0 radical (unpaired) electrons. The zero-order chi connectivity index (χ0) is 12.7. The molecule has 1 aromatic heterocycles. The maximum Gasteiger partial charge on any atom is 0.171 e. The van der Waals surface area contributed by atoms with Crippen molar-refractivity contribution in [3.63, 3.8) is 0 Å². The molecule has 2 nitrogen and oxygen atoms in total. The van der Waals surface area contributed by atoms with E-state index in [1.807, 2.05) is 26.2 Å². The third-order valence-electron chi connectivity index (χ3n) is 2.54. The van der Waals surface area contributed by atoms with Crippen LogP contribution in [0.25, 0.3) is 0 Å². The number of hydrogen-bond acceptors (Lipinski definition) is 3. The molecule has 3 heteroatoms. The summed E-state index contributed by atoms with van der Waals surface area (Å²) in [6, 6.07) is 0. The number of carbonyl (C=O) groups excluding carboxylic acids is 1. The summed E-state index contributed by atoms with van der Waals surface area (Å²) in [5.74, 6) is 0.135. The van der Waals surface area contributed by atoms with E-state index in [9.17, 15) is 4.79 Å². The Morgan fingerprint density at radius 3 is 2.06 bits per heavy atom. The number of rotatable bonds is 1. The molecule has 0 fully saturated rings. The zero-order valence-corrected chi connectivity index (χ0v) is 11.8. The first-order valence-electron chi connectivity index (χ1n) is 5.47. The Kier molecular flexibility index (Phi) is 3.21. The molecule has 0 atom stereocenters. The lowest BCUT2D eigenvalue weighted by atomic mass is 9.79. The topological polar surface area (TPSA) is 43.1 Å². The maximum absolute atomic E-state index is 12.3. The quantitative estimate of drug-likeness (QED) is 0.756. The van der Waals surface area contributed by atoms with Crippen LogP contribution in [-0.4, -0.2) is 5.78 Å². The van der Waals surface area contributed by atoms with Crippen molar-refractivity contribution in [1.29, 1.82) is 0 Å². The van der Waals surface area contributed by atoms with Crippen LogP contribution in [0.3, 0.4) is 0 Å². The molecule has 16 heavy (non-hydrogen) atoms. The molecule has 0 spiro atoms. The number of carbonyl (C=O) groups is 1. The summed E-state index contributed by atoms with van der Waals surface area (Å²) < 4.78 is 0. The molecule has 0 saturated carbocycles. The van der Waals surface area contributed by atoms with E-state index in [-0.39, 0.29) is 16.6 Å². The van der Waals surface area contributed by atoms with Gasteiger partial charge in [-0.05, 0) is 16.4 Å². The van der Waals surface area contributed by atoms with E-state index in [0.29, 0.717) is 5.00 Å². The molecule has 0 aromatic carbocycles. The summed E-state index contributed by atoms with van der Waals surface area (Å²) in [6.45, 7) is 12.1. The van der Waals surface area contributed by atoms with Crippen LogP contribution >= 0.6 is 11.3 Å². The molecule has 1 aromatic rings. The molecule has 0 aliphatic heterocycles. The monoisotopic (exact) mass is 239 g/mol. The van der Waals surface area contributed by atoms with Gasteiger partial charge in [-0.2, -0.15) is 0 Å². The van der Waals surface area contributed by atoms with Gasteiger partial charge in [-0.3, -0.25) is 4.79 Å². The number of nitrogen functional groups attached to an aromatic ring is 1. The van der Waals surface area contributed by atoms with E-state index in [0.717, 1.165) is 11.1 Å². The van der Waals surface area contributed by atoms with Gasteiger partial charge in [0.15, 0.2) is 5.78 Å². The highest BCUT2D eigenvalue weighted by Gasteiger charge is 2.31. The third kappa shape index (κ3) is 2.46. The van der Waals surface area contributed by atoms with Gasteiger partial charge in [0, 0.05) is 5.41 Å². The van der Waals surface area contributed by atoms with Crippen LogP contribution in [-0.2, 0) is 5.41 Å². The van der Waals surface area contributed by atoms with E-state index in [4.69, 9.17) is 5.73 Å². The average molecular weight is 239 g/mol. The number of anilines is 1. The minimum Gasteiger partial charge on any atom is -0.390 e. The minimum atomic E-state index is -0.380. The van der Waals surface area contributed by atoms with E-state index < -0.39 is 0 Å². The van der Waals surface area contributed by atoms with Crippen molar-refractivity contribution in [3.8, 4) is 0 Å². The van der Waals surface area contributed by atoms with Crippen molar-refractivity contribution in [2.24, 2.45) is 5.41 Å². The first kappa shape index (κ1) is 13.2. The molecule has 1 heterocycles. The fraction of sp³-hybridized carbons (Fsp3) is 0.615. The van der Waals surface area contributed by atoms with Crippen LogP contribution in [0.1, 0.15) is 57.5 Å². The van der Waals surface area contributed by atoms with Crippen LogP contribution in [0.15, 0.2) is 5.38 Å². The van der Waals surface area contributed by atoms with Gasteiger partial charge < -0.3 is 5.73 Å².